The summed E-state index contributed by atoms with van der Waals surface area (Å²) in [6.45, 7) is 75.4. The van der Waals surface area contributed by atoms with Crippen molar-refractivity contribution in [1.82, 2.24) is 0 Å². The molecule has 0 aromatic heterocycles. The zero-order chi connectivity index (χ0) is 75.7. The lowest BCUT2D eigenvalue weighted by Crippen LogP contribution is -2.33. The predicted octanol–water partition coefficient (Wildman–Crippen LogP) is 20.0. The summed E-state index contributed by atoms with van der Waals surface area (Å²) in [5, 5.41) is 0. The standard InChI is InChI=1S/C11H20O2.C11H22O2.C10H18O2.2C10H20O2.2C9H18O2.C8H16O2/c1-8(2)11(5-6-11)7-10(12)13-9(3)4;1-8(2)11(5,6)7-10(12)13-9(3)4;1-7(2)10(5-6-10)9(11)12-8(3)4;1-7(2)10(5,6)9(11)12-8(3)4;1-7(2)9(5)6-10(11)12-8(3)4;1-7(2)5-6-9(10)11-8(3)4;1-6(2)8(5)9(10)11-7(3)4;1-6(2)5-8(9)10-7(3)4/h8-9H,5-7H2,1-4H3;8-9H,7H2,1-6H3;7-8H,5-6H2,1-4H3;7-8H,1-6H3;7-9H,6H2,1-5H3;7-8H,5-6H2,1-4H3;6-8H,1-5H3;6-7H,5H2,1-4H3. The minimum atomic E-state index is -0.371. The second-order valence-electron chi connectivity index (χ2n) is 32.3. The lowest BCUT2D eigenvalue weighted by molar-refractivity contribution is -0.160. The normalized spacial score (nSPS) is 14.2. The second kappa shape index (κ2) is 51.0. The molecule has 2 fully saturated rings. The number of hydrogen-bond donors (Lipinski definition) is 0. The Kier molecular flexibility index (Phi) is 54.7. The highest BCUT2D eigenvalue weighted by molar-refractivity contribution is 5.80. The Hall–Kier alpha value is -4.24. The fourth-order valence-electron chi connectivity index (χ4n) is 7.47. The van der Waals surface area contributed by atoms with Crippen molar-refractivity contribution in [1.29, 1.82) is 0 Å². The van der Waals surface area contributed by atoms with Gasteiger partial charge in [-0.05, 0) is 221 Å². The van der Waals surface area contributed by atoms with Gasteiger partial charge in [-0.1, -0.05) is 138 Å². The van der Waals surface area contributed by atoms with Gasteiger partial charge >= 0.3 is 47.8 Å². The summed E-state index contributed by atoms with van der Waals surface area (Å²) in [5.41, 5.74) is -0.174. The van der Waals surface area contributed by atoms with E-state index in [0.29, 0.717) is 85.4 Å². The van der Waals surface area contributed by atoms with Gasteiger partial charge < -0.3 is 37.9 Å². The number of carbonyl (C=O) groups is 8. The van der Waals surface area contributed by atoms with Crippen LogP contribution in [0.4, 0.5) is 0 Å². The van der Waals surface area contributed by atoms with Crippen molar-refractivity contribution >= 4 is 47.8 Å². The Balaban J connectivity index is -0.000000236. The first-order valence-electron chi connectivity index (χ1n) is 36.0. The van der Waals surface area contributed by atoms with E-state index in [4.69, 9.17) is 37.9 Å². The molecular weight excluding hydrogens is 1190 g/mol. The lowest BCUT2D eigenvalue weighted by Gasteiger charge is -2.28. The van der Waals surface area contributed by atoms with Gasteiger partial charge in [0.25, 0.3) is 0 Å². The van der Waals surface area contributed by atoms with E-state index in [0.717, 1.165) is 19.3 Å². The molecule has 2 unspecified atom stereocenters. The van der Waals surface area contributed by atoms with Crippen LogP contribution in [0.5, 0.6) is 0 Å². The number of rotatable bonds is 28. The molecule has 16 heteroatoms. The third kappa shape index (κ3) is 55.8. The first-order chi connectivity index (χ1) is 42.4. The summed E-state index contributed by atoms with van der Waals surface area (Å²) < 4.78 is 40.5. The first-order valence-corrected chi connectivity index (χ1v) is 36.0. The molecule has 0 heterocycles. The molecular formula is C78H152O16. The smallest absolute Gasteiger partial charge is 0.312 e. The molecule has 2 rings (SSSR count). The highest BCUT2D eigenvalue weighted by Gasteiger charge is 2.54. The van der Waals surface area contributed by atoms with Crippen LogP contribution < -0.4 is 0 Å². The van der Waals surface area contributed by atoms with Crippen LogP contribution in [0.25, 0.3) is 0 Å². The van der Waals surface area contributed by atoms with Gasteiger partial charge in [0.15, 0.2) is 0 Å². The fourth-order valence-corrected chi connectivity index (χ4v) is 7.47. The molecule has 0 saturated heterocycles. The summed E-state index contributed by atoms with van der Waals surface area (Å²) >= 11 is 0. The average molecular weight is 1350 g/mol. The van der Waals surface area contributed by atoms with Gasteiger partial charge in [0.2, 0.25) is 0 Å². The highest BCUT2D eigenvalue weighted by atomic mass is 16.6. The molecule has 2 aliphatic carbocycles. The quantitative estimate of drug-likeness (QED) is 0.0527. The van der Waals surface area contributed by atoms with Gasteiger partial charge in [-0.25, -0.2) is 0 Å². The molecule has 0 amide bonds. The zero-order valence-corrected chi connectivity index (χ0v) is 68.0. The van der Waals surface area contributed by atoms with Crippen molar-refractivity contribution in [2.45, 2.75) is 376 Å². The van der Waals surface area contributed by atoms with E-state index in [-0.39, 0.29) is 124 Å². The van der Waals surface area contributed by atoms with E-state index in [1.807, 2.05) is 173 Å². The minimum absolute atomic E-state index is 0.00343. The Labute approximate surface area is 578 Å². The van der Waals surface area contributed by atoms with Crippen molar-refractivity contribution in [2.24, 2.45) is 80.8 Å². The van der Waals surface area contributed by atoms with Gasteiger partial charge in [-0.15, -0.1) is 0 Å². The topological polar surface area (TPSA) is 210 Å². The van der Waals surface area contributed by atoms with Gasteiger partial charge in [-0.3, -0.25) is 38.4 Å². The van der Waals surface area contributed by atoms with Crippen LogP contribution in [-0.2, 0) is 76.3 Å². The summed E-state index contributed by atoms with van der Waals surface area (Å²) in [4.78, 5) is 89.9. The van der Waals surface area contributed by atoms with Crippen molar-refractivity contribution in [3.8, 4) is 0 Å². The molecule has 2 saturated carbocycles. The van der Waals surface area contributed by atoms with Crippen LogP contribution in [0.1, 0.15) is 327 Å². The molecule has 94 heavy (non-hydrogen) atoms. The fraction of sp³-hybridized carbons (Fsp3) is 0.897. The molecule has 0 spiro atoms. The van der Waals surface area contributed by atoms with E-state index >= 15 is 0 Å². The summed E-state index contributed by atoms with van der Waals surface area (Å²) in [6, 6.07) is 0. The molecule has 0 aliphatic heterocycles. The van der Waals surface area contributed by atoms with Crippen molar-refractivity contribution in [2.75, 3.05) is 0 Å². The Morgan fingerprint density at radius 1 is 0.362 bits per heavy atom. The molecule has 2 aliphatic rings. The zero-order valence-electron chi connectivity index (χ0n) is 68.0. The lowest BCUT2D eigenvalue weighted by atomic mass is 9.78. The Morgan fingerprint density at radius 3 is 1.01 bits per heavy atom. The maximum absolute atomic E-state index is 11.6. The van der Waals surface area contributed by atoms with Gasteiger partial charge in [0.1, 0.15) is 0 Å². The largest absolute Gasteiger partial charge is 0.463 e. The highest BCUT2D eigenvalue weighted by Crippen LogP contribution is 2.55. The molecule has 0 aromatic carbocycles. The summed E-state index contributed by atoms with van der Waals surface area (Å²) in [6.07, 6.45) is 8.14. The average Bonchev–Trinajstić information content (AvgIpc) is 1.62. The molecule has 560 valence electrons. The summed E-state index contributed by atoms with van der Waals surface area (Å²) in [7, 11) is 0. The van der Waals surface area contributed by atoms with Gasteiger partial charge in [-0.2, -0.15) is 0 Å². The van der Waals surface area contributed by atoms with Crippen LogP contribution >= 0.6 is 0 Å². The van der Waals surface area contributed by atoms with Gasteiger partial charge in [0.05, 0.1) is 78.4 Å². The van der Waals surface area contributed by atoms with E-state index in [9.17, 15) is 38.4 Å². The molecule has 0 N–H and O–H groups in total. The number of hydrogen-bond acceptors (Lipinski definition) is 16. The molecule has 0 aromatic rings. The van der Waals surface area contributed by atoms with Crippen LogP contribution in [0.3, 0.4) is 0 Å². The number of esters is 8. The van der Waals surface area contributed by atoms with Crippen molar-refractivity contribution in [3.05, 3.63) is 0 Å². The minimum Gasteiger partial charge on any atom is -0.463 e. The molecule has 16 nitrogen and oxygen atoms in total. The molecule has 2 atom stereocenters. The van der Waals surface area contributed by atoms with E-state index in [1.165, 1.54) is 12.8 Å². The van der Waals surface area contributed by atoms with E-state index < -0.39 is 0 Å². The first kappa shape index (κ1) is 101. The van der Waals surface area contributed by atoms with E-state index in [2.05, 4.69) is 90.0 Å². The predicted molar refractivity (Wildman–Crippen MR) is 385 cm³/mol. The number of carbonyl (C=O) groups excluding carboxylic acids is 8. The molecule has 0 bridgehead atoms. The Morgan fingerprint density at radius 2 is 0.723 bits per heavy atom. The Bertz CT molecular complexity index is 1970. The summed E-state index contributed by atoms with van der Waals surface area (Å²) in [5.74, 6) is 3.59. The van der Waals surface area contributed by atoms with Crippen molar-refractivity contribution in [3.63, 3.8) is 0 Å². The van der Waals surface area contributed by atoms with Crippen LogP contribution in [0.2, 0.25) is 0 Å². The number of ether oxygens (including phenoxy) is 8. The maximum atomic E-state index is 11.6. The van der Waals surface area contributed by atoms with Gasteiger partial charge in [0, 0.05) is 19.3 Å². The van der Waals surface area contributed by atoms with Crippen LogP contribution in [0, 0.1) is 80.8 Å². The van der Waals surface area contributed by atoms with Crippen molar-refractivity contribution < 1.29 is 76.3 Å². The van der Waals surface area contributed by atoms with E-state index in [1.54, 1.807) is 0 Å². The maximum Gasteiger partial charge on any atom is 0.312 e. The third-order valence-electron chi connectivity index (χ3n) is 16.4. The second-order valence-corrected chi connectivity index (χ2v) is 32.3. The third-order valence-corrected chi connectivity index (χ3v) is 16.4. The van der Waals surface area contributed by atoms with Crippen LogP contribution in [0.15, 0.2) is 0 Å². The monoisotopic (exact) mass is 1350 g/mol. The molecule has 0 radical (unpaired) electrons. The van der Waals surface area contributed by atoms with Crippen LogP contribution in [-0.4, -0.2) is 96.6 Å². The SMILES string of the molecule is CC(C)CC(=O)OC(C)C.CC(C)CCC(=O)OC(C)C.CC(C)OC(=O)C(C)(C)C(C)C.CC(C)OC(=O)C(C)C(C)C.CC(C)OC(=O)C1(C(C)C)CC1.CC(C)OC(=O)CC(C)(C)C(C)C.CC(C)OC(=O)CC(C)C(C)C.CC(C)OC(=O)CC1(C(C)C)CC1.